The fourth-order valence-electron chi connectivity index (χ4n) is 2.58. The molecule has 0 bridgehead atoms. The number of rotatable bonds is 4. The van der Waals surface area contributed by atoms with Crippen LogP contribution in [0.25, 0.3) is 22.5 Å². The summed E-state index contributed by atoms with van der Waals surface area (Å²) >= 11 is 0. The van der Waals surface area contributed by atoms with Crippen LogP contribution in [0.1, 0.15) is 13.3 Å². The number of benzene rings is 1. The average Bonchev–Trinajstić information content (AvgIpc) is 2.86. The zero-order chi connectivity index (χ0) is 15.5. The molecule has 3 rings (SSSR count). The second-order valence-corrected chi connectivity index (χ2v) is 5.07. The number of hydrogen-bond acceptors (Lipinski definition) is 2. The highest BCUT2D eigenvalue weighted by atomic mass is 19.1. The summed E-state index contributed by atoms with van der Waals surface area (Å²) < 4.78 is 15.9. The van der Waals surface area contributed by atoms with E-state index in [0.29, 0.717) is 11.3 Å². The van der Waals surface area contributed by atoms with Crippen molar-refractivity contribution in [1.29, 1.82) is 0 Å². The van der Waals surface area contributed by atoms with Gasteiger partial charge in [0.25, 0.3) is 0 Å². The van der Waals surface area contributed by atoms with E-state index in [0.717, 1.165) is 29.0 Å². The van der Waals surface area contributed by atoms with Crippen LogP contribution in [0.4, 0.5) is 4.39 Å². The molecule has 0 saturated heterocycles. The Bertz CT molecular complexity index is 767. The highest BCUT2D eigenvalue weighted by Gasteiger charge is 2.23. The Labute approximate surface area is 128 Å². The number of hydrogen-bond donors (Lipinski definition) is 0. The van der Waals surface area contributed by atoms with Crippen LogP contribution in [0.3, 0.4) is 0 Å². The normalized spacial score (nSPS) is 10.8. The van der Waals surface area contributed by atoms with Gasteiger partial charge in [0.1, 0.15) is 5.82 Å². The van der Waals surface area contributed by atoms with E-state index < -0.39 is 0 Å². The monoisotopic (exact) mass is 297 g/mol. The van der Waals surface area contributed by atoms with E-state index in [9.17, 15) is 9.60 Å². The molecule has 0 aliphatic heterocycles. The van der Waals surface area contributed by atoms with Gasteiger partial charge in [0.15, 0.2) is 11.4 Å². The predicted octanol–water partition coefficient (Wildman–Crippen LogP) is 3.40. The highest BCUT2D eigenvalue weighted by molar-refractivity contribution is 5.76. The third kappa shape index (κ3) is 2.57. The number of aryl methyl sites for hydroxylation is 1. The molecule has 0 aliphatic rings. The lowest BCUT2D eigenvalue weighted by Crippen LogP contribution is -2.25. The number of imidazole rings is 1. The summed E-state index contributed by atoms with van der Waals surface area (Å²) in [5, 5.41) is 12.4. The first-order valence-corrected chi connectivity index (χ1v) is 7.19. The summed E-state index contributed by atoms with van der Waals surface area (Å²) in [6.07, 6.45) is 5.85. The molecule has 1 aromatic carbocycles. The molecule has 0 N–H and O–H groups in total. The van der Waals surface area contributed by atoms with Gasteiger partial charge in [-0.25, -0.2) is 13.7 Å². The molecule has 0 unspecified atom stereocenters. The molecule has 2 aromatic heterocycles. The molecule has 0 atom stereocenters. The topological polar surface area (TPSA) is 44.8 Å². The van der Waals surface area contributed by atoms with Gasteiger partial charge < -0.3 is 5.21 Å². The summed E-state index contributed by atoms with van der Waals surface area (Å²) in [5.74, 6) is -0.320. The van der Waals surface area contributed by atoms with Gasteiger partial charge in [-0.15, -0.1) is 0 Å². The van der Waals surface area contributed by atoms with Gasteiger partial charge in [0, 0.05) is 23.5 Å². The van der Waals surface area contributed by atoms with Gasteiger partial charge in [-0.2, -0.15) is 0 Å². The van der Waals surface area contributed by atoms with Gasteiger partial charge in [-0.3, -0.25) is 4.98 Å². The van der Waals surface area contributed by atoms with E-state index in [4.69, 9.17) is 0 Å². The second kappa shape index (κ2) is 5.97. The smallest absolute Gasteiger partial charge is 0.247 e. The Kier molecular flexibility index (Phi) is 3.87. The zero-order valence-corrected chi connectivity index (χ0v) is 12.2. The number of halogens is 1. The van der Waals surface area contributed by atoms with Crippen LogP contribution in [-0.4, -0.2) is 9.55 Å². The molecule has 3 aromatic rings. The number of pyridine rings is 1. The third-order valence-corrected chi connectivity index (χ3v) is 3.51. The Morgan fingerprint density at radius 2 is 1.77 bits per heavy atom. The zero-order valence-electron chi connectivity index (χ0n) is 12.2. The van der Waals surface area contributed by atoms with Crippen molar-refractivity contribution in [1.82, 2.24) is 9.55 Å². The molecule has 0 saturated carbocycles. The maximum absolute atomic E-state index is 13.2. The SMILES string of the molecule is CCCn1c[n+]([O-])c(-c2ccc(F)cc2)c1-c1ccncc1. The molecule has 0 amide bonds. The molecule has 5 heteroatoms. The summed E-state index contributed by atoms with van der Waals surface area (Å²) in [7, 11) is 0. The first-order valence-electron chi connectivity index (χ1n) is 7.19. The molecular formula is C17H16FN3O. The van der Waals surface area contributed by atoms with Crippen molar-refractivity contribution in [3.05, 3.63) is 66.1 Å². The number of aromatic nitrogens is 3. The van der Waals surface area contributed by atoms with Crippen LogP contribution in [0.2, 0.25) is 0 Å². The molecule has 2 heterocycles. The van der Waals surface area contributed by atoms with Crippen molar-refractivity contribution in [2.24, 2.45) is 0 Å². The lowest BCUT2D eigenvalue weighted by molar-refractivity contribution is -0.593. The minimum atomic E-state index is -0.320. The second-order valence-electron chi connectivity index (χ2n) is 5.07. The van der Waals surface area contributed by atoms with Crippen LogP contribution in [0.15, 0.2) is 55.1 Å². The summed E-state index contributed by atoms with van der Waals surface area (Å²) in [4.78, 5) is 4.02. The molecule has 22 heavy (non-hydrogen) atoms. The van der Waals surface area contributed by atoms with E-state index in [1.165, 1.54) is 18.5 Å². The van der Waals surface area contributed by atoms with Gasteiger partial charge in [0.2, 0.25) is 6.33 Å². The molecular weight excluding hydrogens is 281 g/mol. The van der Waals surface area contributed by atoms with Gasteiger partial charge in [-0.05, 0) is 42.8 Å². The quantitative estimate of drug-likeness (QED) is 0.547. The molecule has 0 fully saturated rings. The van der Waals surface area contributed by atoms with Gasteiger partial charge >= 0.3 is 0 Å². The first kappa shape index (κ1) is 14.3. The molecule has 4 nitrogen and oxygen atoms in total. The fraction of sp³-hybridized carbons (Fsp3) is 0.176. The van der Waals surface area contributed by atoms with Crippen molar-refractivity contribution in [3.63, 3.8) is 0 Å². The maximum atomic E-state index is 13.2. The minimum absolute atomic E-state index is 0.320. The largest absolute Gasteiger partial charge is 0.710 e. The van der Waals surface area contributed by atoms with Crippen molar-refractivity contribution < 1.29 is 9.12 Å². The van der Waals surface area contributed by atoms with Crippen molar-refractivity contribution in [3.8, 4) is 22.5 Å². The standard InChI is InChI=1S/C17H16FN3O/c1-2-11-20-12-21(22)17(13-3-5-15(18)6-4-13)16(20)14-7-9-19-10-8-14/h3-10,12H,2,11H2,1H3. The maximum Gasteiger partial charge on any atom is 0.247 e. The molecule has 0 radical (unpaired) electrons. The Balaban J connectivity index is 2.23. The van der Waals surface area contributed by atoms with Crippen molar-refractivity contribution in [2.75, 3.05) is 0 Å². The lowest BCUT2D eigenvalue weighted by Gasteiger charge is -2.06. The van der Waals surface area contributed by atoms with E-state index >= 15 is 0 Å². The van der Waals surface area contributed by atoms with E-state index in [1.807, 2.05) is 16.7 Å². The van der Waals surface area contributed by atoms with Crippen LogP contribution in [0, 0.1) is 11.0 Å². The summed E-state index contributed by atoms with van der Waals surface area (Å²) in [5.41, 5.74) is 2.96. The molecule has 0 aliphatic carbocycles. The number of nitrogens with zero attached hydrogens (tertiary/aromatic N) is 3. The Hall–Kier alpha value is -2.69. The van der Waals surface area contributed by atoms with E-state index in [-0.39, 0.29) is 5.82 Å². The lowest BCUT2D eigenvalue weighted by atomic mass is 10.1. The highest BCUT2D eigenvalue weighted by Crippen LogP contribution is 2.30. The predicted molar refractivity (Wildman–Crippen MR) is 82.3 cm³/mol. The van der Waals surface area contributed by atoms with Crippen LogP contribution >= 0.6 is 0 Å². The van der Waals surface area contributed by atoms with Crippen LogP contribution in [-0.2, 0) is 6.54 Å². The summed E-state index contributed by atoms with van der Waals surface area (Å²) in [6.45, 7) is 2.80. The minimum Gasteiger partial charge on any atom is -0.710 e. The fourth-order valence-corrected chi connectivity index (χ4v) is 2.58. The van der Waals surface area contributed by atoms with E-state index in [1.54, 1.807) is 24.5 Å². The Morgan fingerprint density at radius 3 is 2.41 bits per heavy atom. The van der Waals surface area contributed by atoms with Crippen LogP contribution in [0.5, 0.6) is 0 Å². The van der Waals surface area contributed by atoms with Gasteiger partial charge in [0.05, 0.1) is 6.54 Å². The molecule has 0 spiro atoms. The first-order chi connectivity index (χ1) is 10.7. The summed E-state index contributed by atoms with van der Waals surface area (Å²) in [6, 6.07) is 9.72. The third-order valence-electron chi connectivity index (χ3n) is 3.51. The Morgan fingerprint density at radius 1 is 1.09 bits per heavy atom. The van der Waals surface area contributed by atoms with Crippen LogP contribution < -0.4 is 4.73 Å². The molecule has 112 valence electrons. The average molecular weight is 297 g/mol. The van der Waals surface area contributed by atoms with Crippen molar-refractivity contribution in [2.45, 2.75) is 19.9 Å². The van der Waals surface area contributed by atoms with Crippen molar-refractivity contribution >= 4 is 0 Å². The van der Waals surface area contributed by atoms with E-state index in [2.05, 4.69) is 11.9 Å². The van der Waals surface area contributed by atoms with Gasteiger partial charge in [-0.1, -0.05) is 6.92 Å².